The highest BCUT2D eigenvalue weighted by Gasteiger charge is 2.25. The van der Waals surface area contributed by atoms with Crippen LogP contribution in [0.5, 0.6) is 0 Å². The fraction of sp³-hybridized carbons (Fsp3) is 0.238. The highest BCUT2D eigenvalue weighted by Crippen LogP contribution is 2.44. The van der Waals surface area contributed by atoms with Gasteiger partial charge in [0.05, 0.1) is 5.52 Å². The van der Waals surface area contributed by atoms with E-state index in [2.05, 4.69) is 75.1 Å². The third-order valence-electron chi connectivity index (χ3n) is 5.47. The summed E-state index contributed by atoms with van der Waals surface area (Å²) in [7, 11) is 0. The highest BCUT2D eigenvalue weighted by atomic mass is 14.7. The summed E-state index contributed by atoms with van der Waals surface area (Å²) in [6.45, 7) is 9.12. The van der Waals surface area contributed by atoms with Crippen molar-refractivity contribution in [2.75, 3.05) is 0 Å². The van der Waals surface area contributed by atoms with Crippen LogP contribution in [0.2, 0.25) is 0 Å². The highest BCUT2D eigenvalue weighted by molar-refractivity contribution is 6.11. The number of hydrogen-bond acceptors (Lipinski definition) is 0. The Kier molecular flexibility index (Phi) is 2.80. The number of fused-ring (bicyclic) bond motifs is 3. The summed E-state index contributed by atoms with van der Waals surface area (Å²) >= 11 is 0. The summed E-state index contributed by atoms with van der Waals surface area (Å²) in [5.41, 5.74) is 9.68. The second-order valence-corrected chi connectivity index (χ2v) is 6.49. The Bertz CT molecular complexity index is 966. The molecule has 1 nitrogen and oxygen atoms in total. The van der Waals surface area contributed by atoms with Gasteiger partial charge in [0.2, 0.25) is 0 Å². The van der Waals surface area contributed by atoms with Crippen LogP contribution >= 0.6 is 0 Å². The lowest BCUT2D eigenvalue weighted by Crippen LogP contribution is -1.93. The van der Waals surface area contributed by atoms with Gasteiger partial charge >= 0.3 is 0 Å². The topological polar surface area (TPSA) is 15.8 Å². The Labute approximate surface area is 131 Å². The van der Waals surface area contributed by atoms with Gasteiger partial charge < -0.3 is 4.98 Å². The maximum atomic E-state index is 3.64. The molecule has 1 aromatic heterocycles. The quantitative estimate of drug-likeness (QED) is 0.558. The van der Waals surface area contributed by atoms with Crippen LogP contribution in [0.3, 0.4) is 0 Å². The first-order chi connectivity index (χ1) is 10.6. The minimum atomic E-state index is 0.551. The largest absolute Gasteiger partial charge is 0.354 e. The Morgan fingerprint density at radius 1 is 0.818 bits per heavy atom. The van der Waals surface area contributed by atoms with Crippen LogP contribution in [-0.4, -0.2) is 4.98 Å². The SMILES string of the molecule is CC1=C(C)C(C)C(C)=C1c1cccc2c1[nH]c1ccccc12. The fourth-order valence-electron chi connectivity index (χ4n) is 3.85. The van der Waals surface area contributed by atoms with Gasteiger partial charge in [0.15, 0.2) is 0 Å². The molecule has 0 amide bonds. The van der Waals surface area contributed by atoms with Gasteiger partial charge in [-0.05, 0) is 43.9 Å². The average Bonchev–Trinajstić information content (AvgIpc) is 3.00. The van der Waals surface area contributed by atoms with Crippen molar-refractivity contribution in [3.8, 4) is 0 Å². The Balaban J connectivity index is 2.09. The van der Waals surface area contributed by atoms with Crippen molar-refractivity contribution in [3.63, 3.8) is 0 Å². The molecule has 1 aliphatic carbocycles. The number of hydrogen-bond donors (Lipinski definition) is 1. The minimum absolute atomic E-state index is 0.551. The van der Waals surface area contributed by atoms with E-state index in [4.69, 9.17) is 0 Å². The van der Waals surface area contributed by atoms with E-state index in [9.17, 15) is 0 Å². The Morgan fingerprint density at radius 2 is 1.55 bits per heavy atom. The molecule has 1 N–H and O–H groups in total. The number of H-pyrrole nitrogens is 1. The van der Waals surface area contributed by atoms with Crippen molar-refractivity contribution in [3.05, 3.63) is 64.7 Å². The number of aromatic amines is 1. The summed E-state index contributed by atoms with van der Waals surface area (Å²) < 4.78 is 0. The third kappa shape index (κ3) is 1.65. The zero-order chi connectivity index (χ0) is 15.4. The standard InChI is InChI=1S/C21H21N/c1-12-13(2)15(4)20(14(12)3)18-10-7-9-17-16-8-5-6-11-19(16)22-21(17)18/h5-12,22H,1-4H3. The molecule has 0 radical (unpaired) electrons. The van der Waals surface area contributed by atoms with Crippen LogP contribution in [0.4, 0.5) is 0 Å². The zero-order valence-electron chi connectivity index (χ0n) is 13.6. The summed E-state index contributed by atoms with van der Waals surface area (Å²) in [6, 6.07) is 15.2. The number of allylic oxidation sites excluding steroid dienone is 4. The van der Waals surface area contributed by atoms with Crippen LogP contribution < -0.4 is 0 Å². The van der Waals surface area contributed by atoms with Gasteiger partial charge in [0.25, 0.3) is 0 Å². The van der Waals surface area contributed by atoms with Gasteiger partial charge in [-0.1, -0.05) is 54.5 Å². The molecule has 1 heterocycles. The first-order valence-corrected chi connectivity index (χ1v) is 7.98. The van der Waals surface area contributed by atoms with Crippen molar-refractivity contribution < 1.29 is 0 Å². The molecular weight excluding hydrogens is 266 g/mol. The predicted octanol–water partition coefficient (Wildman–Crippen LogP) is 6.08. The van der Waals surface area contributed by atoms with Crippen molar-refractivity contribution in [1.82, 2.24) is 4.98 Å². The predicted molar refractivity (Wildman–Crippen MR) is 95.9 cm³/mol. The number of rotatable bonds is 1. The lowest BCUT2D eigenvalue weighted by atomic mass is 9.95. The molecule has 3 aromatic rings. The molecule has 0 spiro atoms. The smallest absolute Gasteiger partial charge is 0.0544 e. The maximum Gasteiger partial charge on any atom is 0.0544 e. The van der Waals surface area contributed by atoms with Crippen LogP contribution in [0.25, 0.3) is 27.4 Å². The number of benzene rings is 2. The molecular formula is C21H21N. The lowest BCUT2D eigenvalue weighted by molar-refractivity contribution is 0.818. The second-order valence-electron chi connectivity index (χ2n) is 6.49. The van der Waals surface area contributed by atoms with Crippen molar-refractivity contribution in [2.24, 2.45) is 5.92 Å². The van der Waals surface area contributed by atoms with E-state index in [1.54, 1.807) is 0 Å². The normalized spacial score (nSPS) is 19.0. The summed E-state index contributed by atoms with van der Waals surface area (Å²) in [5.74, 6) is 0.551. The molecule has 1 atom stereocenters. The van der Waals surface area contributed by atoms with Crippen LogP contribution in [0, 0.1) is 5.92 Å². The van der Waals surface area contributed by atoms with Crippen molar-refractivity contribution in [1.29, 1.82) is 0 Å². The number of aromatic nitrogens is 1. The van der Waals surface area contributed by atoms with Crippen molar-refractivity contribution in [2.45, 2.75) is 27.7 Å². The monoisotopic (exact) mass is 287 g/mol. The first-order valence-electron chi connectivity index (χ1n) is 7.98. The zero-order valence-corrected chi connectivity index (χ0v) is 13.6. The van der Waals surface area contributed by atoms with Crippen LogP contribution in [0.15, 0.2) is 59.2 Å². The number of para-hydroxylation sites is 2. The van der Waals surface area contributed by atoms with Crippen LogP contribution in [-0.2, 0) is 0 Å². The van der Waals surface area contributed by atoms with E-state index in [1.807, 2.05) is 0 Å². The number of nitrogens with one attached hydrogen (secondary N) is 1. The van der Waals surface area contributed by atoms with Gasteiger partial charge in [-0.3, -0.25) is 0 Å². The first kappa shape index (κ1) is 13.4. The summed E-state index contributed by atoms with van der Waals surface area (Å²) in [5, 5.41) is 2.63. The molecule has 110 valence electrons. The Morgan fingerprint density at radius 3 is 2.27 bits per heavy atom. The molecule has 1 aliphatic rings. The van der Waals surface area contributed by atoms with E-state index in [0.717, 1.165) is 0 Å². The average molecular weight is 287 g/mol. The van der Waals surface area contributed by atoms with Gasteiger partial charge in [-0.2, -0.15) is 0 Å². The lowest BCUT2D eigenvalue weighted by Gasteiger charge is -2.10. The van der Waals surface area contributed by atoms with Crippen molar-refractivity contribution >= 4 is 27.4 Å². The van der Waals surface area contributed by atoms with Gasteiger partial charge in [0, 0.05) is 21.9 Å². The Hall–Kier alpha value is -2.28. The van der Waals surface area contributed by atoms with E-state index >= 15 is 0 Å². The van der Waals surface area contributed by atoms with E-state index < -0.39 is 0 Å². The second kappa shape index (κ2) is 4.61. The van der Waals surface area contributed by atoms with E-state index in [0.29, 0.717) is 5.92 Å². The molecule has 0 aliphatic heterocycles. The molecule has 1 unspecified atom stereocenters. The molecule has 0 fully saturated rings. The van der Waals surface area contributed by atoms with E-state index in [-0.39, 0.29) is 0 Å². The third-order valence-corrected chi connectivity index (χ3v) is 5.47. The molecule has 2 aromatic carbocycles. The van der Waals surface area contributed by atoms with Gasteiger partial charge in [-0.25, -0.2) is 0 Å². The summed E-state index contributed by atoms with van der Waals surface area (Å²) in [4.78, 5) is 3.64. The van der Waals surface area contributed by atoms with Crippen LogP contribution in [0.1, 0.15) is 33.3 Å². The minimum Gasteiger partial charge on any atom is -0.354 e. The van der Waals surface area contributed by atoms with Gasteiger partial charge in [0.1, 0.15) is 0 Å². The molecule has 4 rings (SSSR count). The fourth-order valence-corrected chi connectivity index (χ4v) is 3.85. The molecule has 22 heavy (non-hydrogen) atoms. The molecule has 0 saturated carbocycles. The maximum absolute atomic E-state index is 3.64. The van der Waals surface area contributed by atoms with Gasteiger partial charge in [-0.15, -0.1) is 0 Å². The summed E-state index contributed by atoms with van der Waals surface area (Å²) in [6.07, 6.45) is 0. The molecule has 0 saturated heterocycles. The molecule has 1 heteroatoms. The molecule has 0 bridgehead atoms. The van der Waals surface area contributed by atoms with E-state index in [1.165, 1.54) is 49.7 Å².